The molecular formula is C79H149NO13. The number of allylic oxidation sites excluding steroid dienone is 6. The number of ether oxygens (including phenoxy) is 4. The van der Waals surface area contributed by atoms with E-state index in [1.54, 1.807) is 0 Å². The number of hydrogen-bond donors (Lipinski definition) is 9. The molecule has 1 amide bonds. The number of rotatable bonds is 67. The summed E-state index contributed by atoms with van der Waals surface area (Å²) in [7, 11) is 0. The van der Waals surface area contributed by atoms with Crippen LogP contribution >= 0.6 is 0 Å². The van der Waals surface area contributed by atoms with Gasteiger partial charge in [-0.3, -0.25) is 4.79 Å². The van der Waals surface area contributed by atoms with Gasteiger partial charge in [-0.05, 0) is 51.4 Å². The first-order valence-corrected chi connectivity index (χ1v) is 39.7. The molecule has 9 N–H and O–H groups in total. The second kappa shape index (κ2) is 63.6. The van der Waals surface area contributed by atoms with Gasteiger partial charge in [0.05, 0.1) is 32.0 Å². The van der Waals surface area contributed by atoms with Crippen LogP contribution in [0.5, 0.6) is 0 Å². The molecule has 2 saturated heterocycles. The van der Waals surface area contributed by atoms with Crippen molar-refractivity contribution in [3.8, 4) is 0 Å². The van der Waals surface area contributed by atoms with Crippen molar-refractivity contribution >= 4 is 5.91 Å². The molecule has 548 valence electrons. The zero-order valence-corrected chi connectivity index (χ0v) is 60.0. The lowest BCUT2D eigenvalue weighted by Crippen LogP contribution is -2.65. The average Bonchev–Trinajstić information content (AvgIpc) is 0.854. The molecule has 93 heavy (non-hydrogen) atoms. The zero-order chi connectivity index (χ0) is 67.3. The van der Waals surface area contributed by atoms with Crippen molar-refractivity contribution < 1.29 is 64.6 Å². The number of hydrogen-bond acceptors (Lipinski definition) is 13. The highest BCUT2D eigenvalue weighted by atomic mass is 16.7. The first kappa shape index (κ1) is 87.3. The van der Waals surface area contributed by atoms with Gasteiger partial charge in [0.1, 0.15) is 48.8 Å². The Morgan fingerprint density at radius 3 is 1.09 bits per heavy atom. The Morgan fingerprint density at radius 2 is 0.710 bits per heavy atom. The molecule has 14 nitrogen and oxygen atoms in total. The fourth-order valence-corrected chi connectivity index (χ4v) is 13.3. The third-order valence-corrected chi connectivity index (χ3v) is 19.6. The maximum absolute atomic E-state index is 13.4. The van der Waals surface area contributed by atoms with Gasteiger partial charge < -0.3 is 65.1 Å². The largest absolute Gasteiger partial charge is 0.394 e. The van der Waals surface area contributed by atoms with Crippen LogP contribution in [0, 0.1) is 0 Å². The van der Waals surface area contributed by atoms with E-state index < -0.39 is 86.8 Å². The highest BCUT2D eigenvalue weighted by Gasteiger charge is 2.51. The first-order chi connectivity index (χ1) is 45.6. The van der Waals surface area contributed by atoms with Crippen LogP contribution in [0.4, 0.5) is 0 Å². The van der Waals surface area contributed by atoms with Gasteiger partial charge in [0.25, 0.3) is 0 Å². The molecule has 2 heterocycles. The van der Waals surface area contributed by atoms with E-state index in [-0.39, 0.29) is 12.5 Å². The van der Waals surface area contributed by atoms with Gasteiger partial charge in [-0.1, -0.05) is 346 Å². The van der Waals surface area contributed by atoms with Crippen molar-refractivity contribution in [2.45, 2.75) is 441 Å². The van der Waals surface area contributed by atoms with E-state index in [0.29, 0.717) is 12.8 Å². The van der Waals surface area contributed by atoms with E-state index in [1.807, 2.05) is 0 Å². The summed E-state index contributed by atoms with van der Waals surface area (Å²) in [6.45, 7) is 2.91. The van der Waals surface area contributed by atoms with Crippen LogP contribution in [0.1, 0.15) is 367 Å². The number of carbonyl (C=O) groups excluding carboxylic acids is 1. The molecule has 0 bridgehead atoms. The molecule has 2 rings (SSSR count). The fourth-order valence-electron chi connectivity index (χ4n) is 13.3. The van der Waals surface area contributed by atoms with Crippen molar-refractivity contribution in [3.63, 3.8) is 0 Å². The Balaban J connectivity index is 1.56. The van der Waals surface area contributed by atoms with Gasteiger partial charge in [0.2, 0.25) is 5.91 Å². The van der Waals surface area contributed by atoms with E-state index >= 15 is 0 Å². The molecular weight excluding hydrogens is 1170 g/mol. The highest BCUT2D eigenvalue weighted by Crippen LogP contribution is 2.30. The predicted molar refractivity (Wildman–Crippen MR) is 383 cm³/mol. The van der Waals surface area contributed by atoms with Crippen LogP contribution in [0.15, 0.2) is 36.5 Å². The minimum atomic E-state index is -1.78. The van der Waals surface area contributed by atoms with Crippen molar-refractivity contribution in [3.05, 3.63) is 36.5 Å². The Bertz CT molecular complexity index is 1700. The Morgan fingerprint density at radius 1 is 0.387 bits per heavy atom. The maximum Gasteiger partial charge on any atom is 0.220 e. The quantitative estimate of drug-likeness (QED) is 0.0204. The third kappa shape index (κ3) is 47.0. The van der Waals surface area contributed by atoms with Crippen LogP contribution in [-0.2, 0) is 23.7 Å². The summed E-state index contributed by atoms with van der Waals surface area (Å²) in [5.74, 6) is -0.198. The van der Waals surface area contributed by atoms with Crippen molar-refractivity contribution in [2.75, 3.05) is 19.8 Å². The molecule has 0 saturated carbocycles. The lowest BCUT2D eigenvalue weighted by atomic mass is 9.97. The topological polar surface area (TPSA) is 228 Å². The van der Waals surface area contributed by atoms with Crippen LogP contribution in [-0.4, -0.2) is 140 Å². The van der Waals surface area contributed by atoms with Crippen molar-refractivity contribution in [1.82, 2.24) is 5.32 Å². The number of aliphatic hydroxyl groups is 8. The molecule has 0 aromatic rings. The summed E-state index contributed by atoms with van der Waals surface area (Å²) in [6, 6.07) is -0.828. The second-order valence-electron chi connectivity index (χ2n) is 28.2. The van der Waals surface area contributed by atoms with Gasteiger partial charge in [-0.25, -0.2) is 0 Å². The molecule has 2 aliphatic rings. The van der Waals surface area contributed by atoms with E-state index in [9.17, 15) is 45.6 Å². The molecule has 0 aromatic carbocycles. The number of amides is 1. The Hall–Kier alpha value is -1.79. The molecule has 12 atom stereocenters. The van der Waals surface area contributed by atoms with Gasteiger partial charge in [0.15, 0.2) is 12.6 Å². The lowest BCUT2D eigenvalue weighted by Gasteiger charge is -2.46. The minimum Gasteiger partial charge on any atom is -0.394 e. The van der Waals surface area contributed by atoms with E-state index in [1.165, 1.54) is 276 Å². The SMILES string of the molecule is CCCCCCC/C=C\C/C=C\C/C=C\CCCCCCCCCCCCCCCCCCCCCCCCCCC(=O)NC(COC1OC(CO)C(OC2OC(CO)C(O)C(O)C2O)C(O)C1O)C(O)CCCCCCCCCCCCCCCCCCCCCC. The smallest absolute Gasteiger partial charge is 0.220 e. The summed E-state index contributed by atoms with van der Waals surface area (Å²) in [5, 5.41) is 87.8. The summed E-state index contributed by atoms with van der Waals surface area (Å²) >= 11 is 0. The first-order valence-electron chi connectivity index (χ1n) is 39.7. The fraction of sp³-hybridized carbons (Fsp3) is 0.911. The summed E-state index contributed by atoms with van der Waals surface area (Å²) in [5.41, 5.74) is 0. The molecule has 0 aliphatic carbocycles. The van der Waals surface area contributed by atoms with E-state index in [4.69, 9.17) is 18.9 Å². The Kier molecular flexibility index (Phi) is 59.7. The van der Waals surface area contributed by atoms with E-state index in [2.05, 4.69) is 55.6 Å². The normalized spacial score (nSPS) is 22.7. The number of aliphatic hydroxyl groups excluding tert-OH is 8. The number of nitrogens with one attached hydrogen (secondary N) is 1. The lowest BCUT2D eigenvalue weighted by molar-refractivity contribution is -0.359. The molecule has 0 spiro atoms. The Labute approximate surface area is 570 Å². The molecule has 2 aliphatic heterocycles. The van der Waals surface area contributed by atoms with Gasteiger partial charge in [-0.2, -0.15) is 0 Å². The number of carbonyl (C=O) groups is 1. The zero-order valence-electron chi connectivity index (χ0n) is 60.0. The van der Waals surface area contributed by atoms with Crippen LogP contribution in [0.25, 0.3) is 0 Å². The highest BCUT2D eigenvalue weighted by molar-refractivity contribution is 5.76. The molecule has 12 unspecified atom stereocenters. The van der Waals surface area contributed by atoms with Crippen LogP contribution < -0.4 is 5.32 Å². The van der Waals surface area contributed by atoms with Gasteiger partial charge in [0, 0.05) is 6.42 Å². The van der Waals surface area contributed by atoms with E-state index in [0.717, 1.165) is 64.2 Å². The minimum absolute atomic E-state index is 0.198. The van der Waals surface area contributed by atoms with Crippen LogP contribution in [0.2, 0.25) is 0 Å². The monoisotopic (exact) mass is 1320 g/mol. The summed E-state index contributed by atoms with van der Waals surface area (Å²) in [4.78, 5) is 13.4. The summed E-state index contributed by atoms with van der Waals surface area (Å²) in [6.07, 6.45) is 66.2. The molecule has 2 fully saturated rings. The average molecular weight is 1320 g/mol. The maximum atomic E-state index is 13.4. The predicted octanol–water partition coefficient (Wildman–Crippen LogP) is 17.6. The molecule has 14 heteroatoms. The van der Waals surface area contributed by atoms with Crippen molar-refractivity contribution in [2.24, 2.45) is 0 Å². The van der Waals surface area contributed by atoms with Gasteiger partial charge >= 0.3 is 0 Å². The van der Waals surface area contributed by atoms with Crippen LogP contribution in [0.3, 0.4) is 0 Å². The summed E-state index contributed by atoms with van der Waals surface area (Å²) < 4.78 is 23.0. The molecule has 0 aromatic heterocycles. The second-order valence-corrected chi connectivity index (χ2v) is 28.2. The van der Waals surface area contributed by atoms with Gasteiger partial charge in [-0.15, -0.1) is 0 Å². The number of unbranched alkanes of at least 4 members (excludes halogenated alkanes) is 48. The van der Waals surface area contributed by atoms with Crippen molar-refractivity contribution in [1.29, 1.82) is 0 Å². The molecule has 0 radical (unpaired) electrons. The standard InChI is InChI=1S/C79H149NO13/c1-3-5-7-9-11-13-15-17-19-21-23-25-26-27-28-29-30-31-32-33-34-35-36-37-38-39-40-41-42-43-45-47-49-51-53-55-57-59-61-63-71(84)80-67(68(83)62-60-58-56-54-52-50-48-46-44-24-22-20-18-16-14-12-10-8-6-4-2)66-90-78-76(89)74(87)77(70(65-82)92-78)93-79-75(88)73(86)72(85)69(64-81)91-79/h15,17,21,23,26-27,67-70,72-79,81-83,85-89H,3-14,16,18-20,22,24-25,28-66H2,1-2H3,(H,80,84)/b17-15-,23-21-,27-26-. The third-order valence-electron chi connectivity index (χ3n) is 19.6.